The first-order chi connectivity index (χ1) is 6.65. The molecule has 1 radical (unpaired) electrons. The van der Waals surface area contributed by atoms with E-state index in [0.29, 0.717) is 12.5 Å². The second kappa shape index (κ2) is 8.12. The van der Waals surface area contributed by atoms with Crippen LogP contribution in [0, 0.1) is 17.2 Å². The molecule has 0 aromatic carbocycles. The van der Waals surface area contributed by atoms with Crippen LogP contribution in [0.15, 0.2) is 12.7 Å². The predicted molar refractivity (Wildman–Crippen MR) is 66.6 cm³/mol. The van der Waals surface area contributed by atoms with Crippen molar-refractivity contribution >= 4 is 26.3 Å². The van der Waals surface area contributed by atoms with Crippen LogP contribution in [0.3, 0.4) is 0 Å². The SMILES string of the molecule is C=CC(S)CC(CO[B]C)C(C)C=N. The molecule has 2 nitrogen and oxygen atoms in total. The maximum atomic E-state index is 7.23. The van der Waals surface area contributed by atoms with Gasteiger partial charge in [0.25, 0.3) is 7.48 Å². The van der Waals surface area contributed by atoms with E-state index in [4.69, 9.17) is 10.1 Å². The van der Waals surface area contributed by atoms with Gasteiger partial charge in [-0.3, -0.25) is 0 Å². The summed E-state index contributed by atoms with van der Waals surface area (Å²) in [7, 11) is 1.69. The molecule has 0 aliphatic heterocycles. The molecule has 0 heterocycles. The molecule has 1 N–H and O–H groups in total. The van der Waals surface area contributed by atoms with E-state index in [1.165, 1.54) is 6.21 Å². The highest BCUT2D eigenvalue weighted by Crippen LogP contribution is 2.19. The Morgan fingerprint density at radius 3 is 2.71 bits per heavy atom. The van der Waals surface area contributed by atoms with Gasteiger partial charge in [0, 0.05) is 11.9 Å². The van der Waals surface area contributed by atoms with Crippen LogP contribution in [0.5, 0.6) is 0 Å². The second-order valence-electron chi connectivity index (χ2n) is 3.39. The van der Waals surface area contributed by atoms with Gasteiger partial charge >= 0.3 is 0 Å². The van der Waals surface area contributed by atoms with E-state index in [-0.39, 0.29) is 11.2 Å². The van der Waals surface area contributed by atoms with Gasteiger partial charge in [-0.25, -0.2) is 0 Å². The van der Waals surface area contributed by atoms with Gasteiger partial charge in [-0.05, 0) is 24.5 Å². The summed E-state index contributed by atoms with van der Waals surface area (Å²) in [5, 5.41) is 7.42. The molecule has 0 saturated heterocycles. The molecule has 0 aliphatic rings. The minimum atomic E-state index is 0.183. The lowest BCUT2D eigenvalue weighted by molar-refractivity contribution is 0.231. The molecule has 0 fully saturated rings. The maximum absolute atomic E-state index is 7.23. The first-order valence-corrected chi connectivity index (χ1v) is 5.38. The van der Waals surface area contributed by atoms with Crippen molar-refractivity contribution < 1.29 is 4.65 Å². The number of nitrogens with one attached hydrogen (secondary N) is 1. The Morgan fingerprint density at radius 2 is 2.29 bits per heavy atom. The topological polar surface area (TPSA) is 33.1 Å². The third-order valence-corrected chi connectivity index (χ3v) is 2.72. The summed E-state index contributed by atoms with van der Waals surface area (Å²) < 4.78 is 5.27. The van der Waals surface area contributed by atoms with Crippen molar-refractivity contribution in [1.29, 1.82) is 5.41 Å². The molecule has 3 unspecified atom stereocenters. The van der Waals surface area contributed by atoms with Gasteiger partial charge < -0.3 is 10.1 Å². The molecule has 0 rings (SSSR count). The fourth-order valence-corrected chi connectivity index (χ4v) is 1.47. The molecular weight excluding hydrogens is 193 g/mol. The van der Waals surface area contributed by atoms with Crippen LogP contribution in [0.2, 0.25) is 6.82 Å². The Morgan fingerprint density at radius 1 is 1.64 bits per heavy atom. The lowest BCUT2D eigenvalue weighted by Gasteiger charge is -2.22. The van der Waals surface area contributed by atoms with Crippen LogP contribution in [-0.2, 0) is 4.65 Å². The lowest BCUT2D eigenvalue weighted by Crippen LogP contribution is -2.22. The van der Waals surface area contributed by atoms with Crippen LogP contribution in [0.1, 0.15) is 13.3 Å². The molecule has 0 spiro atoms. The van der Waals surface area contributed by atoms with Crippen LogP contribution in [0.25, 0.3) is 0 Å². The van der Waals surface area contributed by atoms with Gasteiger partial charge in [0.05, 0.1) is 0 Å². The molecule has 0 bridgehead atoms. The highest BCUT2D eigenvalue weighted by atomic mass is 32.1. The summed E-state index contributed by atoms with van der Waals surface area (Å²) in [6.07, 6.45) is 4.19. The van der Waals surface area contributed by atoms with Crippen molar-refractivity contribution in [1.82, 2.24) is 0 Å². The van der Waals surface area contributed by atoms with Gasteiger partial charge in [-0.1, -0.05) is 19.8 Å². The first kappa shape index (κ1) is 13.8. The van der Waals surface area contributed by atoms with Crippen molar-refractivity contribution in [2.24, 2.45) is 11.8 Å². The normalized spacial score (nSPS) is 16.8. The molecule has 0 aromatic rings. The summed E-state index contributed by atoms with van der Waals surface area (Å²) in [6.45, 7) is 8.23. The fourth-order valence-electron chi connectivity index (χ4n) is 1.20. The summed E-state index contributed by atoms with van der Waals surface area (Å²) in [4.78, 5) is 0. The summed E-state index contributed by atoms with van der Waals surface area (Å²) >= 11 is 4.37. The van der Waals surface area contributed by atoms with Crippen molar-refractivity contribution in [2.75, 3.05) is 6.61 Å². The molecular formula is C10H19BNOS. The first-order valence-electron chi connectivity index (χ1n) is 4.86. The van der Waals surface area contributed by atoms with E-state index in [9.17, 15) is 0 Å². The number of thiol groups is 1. The monoisotopic (exact) mass is 212 g/mol. The zero-order valence-electron chi connectivity index (χ0n) is 8.94. The third kappa shape index (κ3) is 5.50. The molecule has 0 aliphatic carbocycles. The molecule has 14 heavy (non-hydrogen) atoms. The Labute approximate surface area is 93.3 Å². The molecule has 3 atom stereocenters. The number of rotatable bonds is 8. The van der Waals surface area contributed by atoms with Crippen molar-refractivity contribution in [3.63, 3.8) is 0 Å². The highest BCUT2D eigenvalue weighted by Gasteiger charge is 2.17. The Balaban J connectivity index is 4.08. The van der Waals surface area contributed by atoms with Crippen LogP contribution >= 0.6 is 12.6 Å². The van der Waals surface area contributed by atoms with Crippen molar-refractivity contribution in [3.8, 4) is 0 Å². The van der Waals surface area contributed by atoms with Crippen molar-refractivity contribution in [3.05, 3.63) is 12.7 Å². The quantitative estimate of drug-likeness (QED) is 0.275. The van der Waals surface area contributed by atoms with Crippen LogP contribution < -0.4 is 0 Å². The average Bonchev–Trinajstić information content (AvgIpc) is 2.22. The molecule has 0 saturated carbocycles. The van der Waals surface area contributed by atoms with Gasteiger partial charge in [0.2, 0.25) is 0 Å². The molecule has 79 valence electrons. The summed E-state index contributed by atoms with van der Waals surface area (Å²) in [6, 6.07) is 0. The lowest BCUT2D eigenvalue weighted by atomic mass is 9.90. The van der Waals surface area contributed by atoms with Crippen molar-refractivity contribution in [2.45, 2.75) is 25.4 Å². The van der Waals surface area contributed by atoms with E-state index < -0.39 is 0 Å². The van der Waals surface area contributed by atoms with E-state index >= 15 is 0 Å². The van der Waals surface area contributed by atoms with Gasteiger partial charge in [-0.15, -0.1) is 6.58 Å². The highest BCUT2D eigenvalue weighted by molar-refractivity contribution is 7.81. The maximum Gasteiger partial charge on any atom is 0.289 e. The Bertz CT molecular complexity index is 178. The number of hydrogen-bond donors (Lipinski definition) is 2. The van der Waals surface area contributed by atoms with E-state index in [0.717, 1.165) is 6.42 Å². The number of hydrogen-bond acceptors (Lipinski definition) is 3. The van der Waals surface area contributed by atoms with Gasteiger partial charge in [0.1, 0.15) is 0 Å². The van der Waals surface area contributed by atoms with Crippen LogP contribution in [0.4, 0.5) is 0 Å². The second-order valence-corrected chi connectivity index (χ2v) is 4.06. The zero-order valence-corrected chi connectivity index (χ0v) is 9.84. The van der Waals surface area contributed by atoms with E-state index in [1.807, 2.05) is 19.8 Å². The molecule has 4 heteroatoms. The van der Waals surface area contributed by atoms with Crippen LogP contribution in [-0.4, -0.2) is 25.6 Å². The summed E-state index contributed by atoms with van der Waals surface area (Å²) in [5.41, 5.74) is 0. The molecule has 0 amide bonds. The van der Waals surface area contributed by atoms with Gasteiger partial charge in [-0.2, -0.15) is 12.6 Å². The minimum absolute atomic E-state index is 0.183. The predicted octanol–water partition coefficient (Wildman–Crippen LogP) is 2.45. The van der Waals surface area contributed by atoms with Gasteiger partial charge in [0.15, 0.2) is 0 Å². The molecule has 0 aromatic heterocycles. The summed E-state index contributed by atoms with van der Waals surface area (Å²) in [5.74, 6) is 0.564. The zero-order chi connectivity index (χ0) is 11.0. The van der Waals surface area contributed by atoms with E-state index in [2.05, 4.69) is 19.2 Å². The average molecular weight is 212 g/mol. The standard InChI is InChI=1S/C10H19BNOS/c1-4-10(14)5-9(7-13-11-3)8(2)6-12/h4,6,8-10,12,14H,1,5,7H2,2-3H3. The third-order valence-electron chi connectivity index (χ3n) is 2.30. The van der Waals surface area contributed by atoms with E-state index in [1.54, 1.807) is 7.48 Å². The Hall–Kier alpha value is -0.215. The largest absolute Gasteiger partial charge is 0.441 e. The smallest absolute Gasteiger partial charge is 0.289 e. The fraction of sp³-hybridized carbons (Fsp3) is 0.700. The Kier molecular flexibility index (Phi) is 8.00. The minimum Gasteiger partial charge on any atom is -0.441 e.